The molecule has 4 heterocycles. The Morgan fingerprint density at radius 3 is 2.84 bits per heavy atom. The van der Waals surface area contributed by atoms with Crippen LogP contribution in [0.1, 0.15) is 50.2 Å². The summed E-state index contributed by atoms with van der Waals surface area (Å²) >= 11 is 0. The lowest BCUT2D eigenvalue weighted by molar-refractivity contribution is -0.138. The summed E-state index contributed by atoms with van der Waals surface area (Å²) in [6, 6.07) is 6.90. The Morgan fingerprint density at radius 1 is 1.22 bits per heavy atom. The van der Waals surface area contributed by atoms with Crippen LogP contribution in [-0.2, 0) is 27.4 Å². The van der Waals surface area contributed by atoms with Crippen molar-refractivity contribution in [3.05, 3.63) is 40.6 Å². The summed E-state index contributed by atoms with van der Waals surface area (Å²) in [6.45, 7) is 4.19. The van der Waals surface area contributed by atoms with Crippen LogP contribution in [0.2, 0.25) is 0 Å². The lowest BCUT2D eigenvalue weighted by atomic mass is 9.71. The Bertz CT molecular complexity index is 1140. The quantitative estimate of drug-likeness (QED) is 0.625. The van der Waals surface area contributed by atoms with Crippen LogP contribution in [0.15, 0.2) is 29.5 Å². The third-order valence-electron chi connectivity index (χ3n) is 7.72. The normalized spacial score (nSPS) is 26.8. The number of hydrogen-bond acceptors (Lipinski definition) is 7. The number of ether oxygens (including phenoxy) is 1. The molecule has 32 heavy (non-hydrogen) atoms. The maximum Gasteiger partial charge on any atom is 0.336 e. The van der Waals surface area contributed by atoms with Gasteiger partial charge in [-0.25, -0.2) is 9.48 Å². The molecule has 6 rings (SSSR count). The largest absolute Gasteiger partial charge is 0.456 e. The Kier molecular flexibility index (Phi) is 4.43. The number of fused-ring (bicyclic) bond motifs is 3. The number of amides is 1. The van der Waals surface area contributed by atoms with Gasteiger partial charge in [0.25, 0.3) is 0 Å². The van der Waals surface area contributed by atoms with Gasteiger partial charge in [-0.3, -0.25) is 4.79 Å². The van der Waals surface area contributed by atoms with Crippen molar-refractivity contribution in [2.24, 2.45) is 5.41 Å². The van der Waals surface area contributed by atoms with Crippen molar-refractivity contribution in [1.29, 1.82) is 0 Å². The monoisotopic (exact) mass is 434 g/mol. The molecule has 1 saturated carbocycles. The number of tetrazole rings is 1. The third kappa shape index (κ3) is 2.98. The Hall–Kier alpha value is -3.07. The van der Waals surface area contributed by atoms with Crippen LogP contribution in [0.25, 0.3) is 11.4 Å². The first kappa shape index (κ1) is 19.6. The first-order valence-electron chi connectivity index (χ1n) is 11.3. The highest BCUT2D eigenvalue weighted by Crippen LogP contribution is 2.46. The highest BCUT2D eigenvalue weighted by molar-refractivity contribution is 5.94. The van der Waals surface area contributed by atoms with Crippen LogP contribution in [-0.4, -0.2) is 56.2 Å². The minimum atomic E-state index is -0.301. The van der Waals surface area contributed by atoms with E-state index in [1.807, 2.05) is 9.58 Å². The van der Waals surface area contributed by atoms with E-state index in [-0.39, 0.29) is 23.9 Å². The second-order valence-electron chi connectivity index (χ2n) is 9.44. The second kappa shape index (κ2) is 7.23. The fraction of sp³-hybridized carbons (Fsp3) is 0.522. The van der Waals surface area contributed by atoms with E-state index in [9.17, 15) is 9.59 Å². The van der Waals surface area contributed by atoms with Crippen LogP contribution in [0.4, 0.5) is 0 Å². The number of carbonyl (C=O) groups is 2. The first-order chi connectivity index (χ1) is 15.5. The van der Waals surface area contributed by atoms with Crippen molar-refractivity contribution < 1.29 is 14.3 Å². The molecule has 2 fully saturated rings. The molecule has 9 nitrogen and oxygen atoms in total. The van der Waals surface area contributed by atoms with E-state index >= 15 is 0 Å². The molecule has 0 atom stereocenters. The molecule has 3 aliphatic heterocycles. The molecule has 1 aromatic carbocycles. The topological polar surface area (TPSA) is 102 Å². The van der Waals surface area contributed by atoms with Crippen molar-refractivity contribution >= 4 is 11.9 Å². The molecule has 1 N–H and O–H groups in total. The van der Waals surface area contributed by atoms with Gasteiger partial charge >= 0.3 is 5.97 Å². The lowest BCUT2D eigenvalue weighted by Gasteiger charge is -2.36. The van der Waals surface area contributed by atoms with E-state index in [1.165, 1.54) is 11.1 Å². The molecule has 1 aliphatic carbocycles. The number of hydrogen-bond donors (Lipinski definition) is 1. The summed E-state index contributed by atoms with van der Waals surface area (Å²) in [5.74, 6) is 0.718. The van der Waals surface area contributed by atoms with Gasteiger partial charge in [-0.05, 0) is 66.6 Å². The number of esters is 1. The van der Waals surface area contributed by atoms with Crippen molar-refractivity contribution in [3.8, 4) is 11.4 Å². The average molecular weight is 435 g/mol. The number of carbonyl (C=O) groups excluding carboxylic acids is 2. The molecule has 0 unspecified atom stereocenters. The summed E-state index contributed by atoms with van der Waals surface area (Å²) in [6.07, 6.45) is 4.61. The molecule has 1 saturated heterocycles. The van der Waals surface area contributed by atoms with Gasteiger partial charge in [0.15, 0.2) is 5.82 Å². The molecule has 1 aromatic heterocycles. The van der Waals surface area contributed by atoms with Gasteiger partial charge < -0.3 is 15.0 Å². The number of benzene rings is 1. The van der Waals surface area contributed by atoms with Crippen LogP contribution in [0.3, 0.4) is 0 Å². The molecule has 1 spiro atoms. The maximum atomic E-state index is 13.3. The zero-order valence-corrected chi connectivity index (χ0v) is 18.1. The highest BCUT2D eigenvalue weighted by atomic mass is 16.5. The van der Waals surface area contributed by atoms with Gasteiger partial charge in [-0.1, -0.05) is 12.1 Å². The molecule has 0 bridgehead atoms. The molecule has 1 amide bonds. The molecule has 4 aliphatic rings. The van der Waals surface area contributed by atoms with Crippen LogP contribution < -0.4 is 5.32 Å². The Morgan fingerprint density at radius 2 is 2.06 bits per heavy atom. The van der Waals surface area contributed by atoms with E-state index in [0.717, 1.165) is 62.3 Å². The van der Waals surface area contributed by atoms with Crippen LogP contribution in [0.5, 0.6) is 0 Å². The van der Waals surface area contributed by atoms with Crippen LogP contribution >= 0.6 is 0 Å². The van der Waals surface area contributed by atoms with Gasteiger partial charge in [-0.15, -0.1) is 5.10 Å². The van der Waals surface area contributed by atoms with Crippen molar-refractivity contribution in [2.75, 3.05) is 13.2 Å². The number of nitrogens with one attached hydrogen (secondary N) is 1. The summed E-state index contributed by atoms with van der Waals surface area (Å²) in [7, 11) is 0. The fourth-order valence-corrected chi connectivity index (χ4v) is 5.67. The SMILES string of the molecule is CC1=C(N2CC[C@]3(CC[C@@H](NCc4ccc5c(c4)-c4nnnn4C5)CC3)C2=O)COC1=O. The van der Waals surface area contributed by atoms with Crippen molar-refractivity contribution in [1.82, 2.24) is 30.4 Å². The van der Waals surface area contributed by atoms with Gasteiger partial charge in [0.05, 0.1) is 23.2 Å². The summed E-state index contributed by atoms with van der Waals surface area (Å²) < 4.78 is 6.95. The average Bonchev–Trinajstić information content (AvgIpc) is 3.55. The van der Waals surface area contributed by atoms with Crippen LogP contribution in [0, 0.1) is 5.41 Å². The third-order valence-corrected chi connectivity index (χ3v) is 7.72. The molecular weight excluding hydrogens is 408 g/mol. The van der Waals surface area contributed by atoms with Gasteiger partial charge in [0.1, 0.15) is 6.61 Å². The number of likely N-dealkylation sites (tertiary alicyclic amines) is 1. The van der Waals surface area contributed by atoms with Gasteiger partial charge in [-0.2, -0.15) is 0 Å². The lowest BCUT2D eigenvalue weighted by Crippen LogP contribution is -2.42. The zero-order chi connectivity index (χ0) is 21.9. The molecule has 166 valence electrons. The van der Waals surface area contributed by atoms with Crippen molar-refractivity contribution in [2.45, 2.75) is 58.2 Å². The number of nitrogens with zero attached hydrogens (tertiary/aromatic N) is 5. The van der Waals surface area contributed by atoms with E-state index in [1.54, 1.807) is 6.92 Å². The Labute approximate surface area is 185 Å². The first-order valence-corrected chi connectivity index (χ1v) is 11.3. The van der Waals surface area contributed by atoms with E-state index in [4.69, 9.17) is 4.74 Å². The van der Waals surface area contributed by atoms with E-state index in [2.05, 4.69) is 39.0 Å². The second-order valence-corrected chi connectivity index (χ2v) is 9.44. The van der Waals surface area contributed by atoms with E-state index in [0.29, 0.717) is 18.2 Å². The predicted octanol–water partition coefficient (Wildman–Crippen LogP) is 1.78. The van der Waals surface area contributed by atoms with Gasteiger partial charge in [0.2, 0.25) is 5.91 Å². The molecule has 9 heteroatoms. The molecule has 2 aromatic rings. The van der Waals surface area contributed by atoms with Gasteiger partial charge in [0, 0.05) is 24.7 Å². The Balaban J connectivity index is 1.07. The maximum absolute atomic E-state index is 13.3. The molecule has 0 radical (unpaired) electrons. The summed E-state index contributed by atoms with van der Waals surface area (Å²) in [5.41, 5.74) is 4.63. The number of aromatic nitrogens is 4. The minimum absolute atomic E-state index is 0.181. The number of cyclic esters (lactones) is 1. The summed E-state index contributed by atoms with van der Waals surface area (Å²) in [5, 5.41) is 15.6. The number of rotatable bonds is 4. The minimum Gasteiger partial charge on any atom is -0.456 e. The van der Waals surface area contributed by atoms with E-state index < -0.39 is 0 Å². The highest BCUT2D eigenvalue weighted by Gasteiger charge is 2.50. The van der Waals surface area contributed by atoms with Crippen molar-refractivity contribution in [3.63, 3.8) is 0 Å². The zero-order valence-electron chi connectivity index (χ0n) is 18.1. The standard InChI is InChI=1S/C23H26N6O3/c1-14-19(13-32-21(14)30)28-9-8-23(22(28)31)6-4-17(5-7-23)24-11-15-2-3-16-12-29-20(18(16)10-15)25-26-27-29/h2-3,10,17,24H,4-9,11-13H2,1H3/t17-,23-. The molecular formula is C23H26N6O3. The summed E-state index contributed by atoms with van der Waals surface area (Å²) in [4.78, 5) is 26.8. The predicted molar refractivity (Wildman–Crippen MR) is 114 cm³/mol. The smallest absolute Gasteiger partial charge is 0.336 e. The fourth-order valence-electron chi connectivity index (χ4n) is 5.67.